The largest absolute Gasteiger partial charge is 0.372 e. The smallest absolute Gasteiger partial charge is 0.254 e. The zero-order chi connectivity index (χ0) is 21.1. The van der Waals surface area contributed by atoms with Gasteiger partial charge in [0.15, 0.2) is 0 Å². The second-order valence-electron chi connectivity index (χ2n) is 7.32. The van der Waals surface area contributed by atoms with Crippen LogP contribution in [0.4, 0.5) is 5.00 Å². The Hall–Kier alpha value is -3.61. The minimum atomic E-state index is 0.0275. The van der Waals surface area contributed by atoms with Gasteiger partial charge in [0, 0.05) is 23.5 Å². The first kappa shape index (κ1) is 19.7. The number of fused-ring (bicyclic) bond motifs is 1. The Bertz CT molecular complexity index is 1160. The first-order valence-corrected chi connectivity index (χ1v) is 10.5. The van der Waals surface area contributed by atoms with E-state index in [9.17, 15) is 10.1 Å². The first-order chi connectivity index (χ1) is 14.6. The van der Waals surface area contributed by atoms with E-state index < -0.39 is 0 Å². The van der Waals surface area contributed by atoms with Gasteiger partial charge in [0.25, 0.3) is 5.91 Å². The summed E-state index contributed by atoms with van der Waals surface area (Å²) in [6, 6.07) is 19.5. The molecule has 30 heavy (non-hydrogen) atoms. The zero-order valence-corrected chi connectivity index (χ0v) is 17.4. The van der Waals surface area contributed by atoms with Crippen LogP contribution < -0.4 is 5.32 Å². The number of carbonyl (C=O) groups is 1. The van der Waals surface area contributed by atoms with Crippen molar-refractivity contribution in [3.05, 3.63) is 86.8 Å². The summed E-state index contributed by atoms with van der Waals surface area (Å²) in [6.07, 6.45) is 0.685. The second kappa shape index (κ2) is 8.41. The molecule has 2 aromatic carbocycles. The maximum Gasteiger partial charge on any atom is 0.254 e. The van der Waals surface area contributed by atoms with Gasteiger partial charge in [-0.1, -0.05) is 29.8 Å². The number of nitriles is 2. The van der Waals surface area contributed by atoms with Gasteiger partial charge in [0.05, 0.1) is 23.7 Å². The minimum absolute atomic E-state index is 0.0275. The van der Waals surface area contributed by atoms with E-state index >= 15 is 0 Å². The molecule has 5 nitrogen and oxygen atoms in total. The van der Waals surface area contributed by atoms with Crippen LogP contribution in [0, 0.1) is 29.6 Å². The topological polar surface area (TPSA) is 79.9 Å². The van der Waals surface area contributed by atoms with Crippen molar-refractivity contribution in [3.63, 3.8) is 0 Å². The second-order valence-corrected chi connectivity index (χ2v) is 8.43. The molecule has 2 heterocycles. The van der Waals surface area contributed by atoms with Gasteiger partial charge in [-0.25, -0.2) is 0 Å². The summed E-state index contributed by atoms with van der Waals surface area (Å²) in [5.41, 5.74) is 5.23. The quantitative estimate of drug-likeness (QED) is 0.679. The van der Waals surface area contributed by atoms with Gasteiger partial charge in [-0.2, -0.15) is 10.5 Å². The van der Waals surface area contributed by atoms with Crippen LogP contribution in [-0.2, 0) is 19.5 Å². The average Bonchev–Trinajstić information content (AvgIpc) is 3.14. The average molecular weight is 413 g/mol. The molecule has 1 amide bonds. The number of anilines is 1. The van der Waals surface area contributed by atoms with Crippen LogP contribution in [0.5, 0.6) is 0 Å². The predicted octanol–water partition coefficient (Wildman–Crippen LogP) is 4.61. The van der Waals surface area contributed by atoms with Gasteiger partial charge in [-0.15, -0.1) is 11.3 Å². The highest BCUT2D eigenvalue weighted by atomic mass is 32.1. The van der Waals surface area contributed by atoms with Gasteiger partial charge in [-0.3, -0.25) is 4.79 Å². The number of rotatable bonds is 4. The van der Waals surface area contributed by atoms with Gasteiger partial charge in [0.2, 0.25) is 0 Å². The fourth-order valence-electron chi connectivity index (χ4n) is 3.58. The van der Waals surface area contributed by atoms with E-state index in [4.69, 9.17) is 5.26 Å². The van der Waals surface area contributed by atoms with E-state index in [-0.39, 0.29) is 5.91 Å². The van der Waals surface area contributed by atoms with Gasteiger partial charge >= 0.3 is 0 Å². The number of nitrogens with one attached hydrogen (secondary N) is 1. The summed E-state index contributed by atoms with van der Waals surface area (Å²) in [5, 5.41) is 22.8. The van der Waals surface area contributed by atoms with Crippen molar-refractivity contribution in [2.24, 2.45) is 0 Å². The van der Waals surface area contributed by atoms with E-state index in [2.05, 4.69) is 17.5 Å². The third kappa shape index (κ3) is 3.91. The molecular formula is C24H20N4OS. The third-order valence-corrected chi connectivity index (χ3v) is 6.47. The number of thiophene rings is 1. The molecule has 0 saturated carbocycles. The molecule has 0 spiro atoms. The molecule has 6 heteroatoms. The van der Waals surface area contributed by atoms with Crippen LogP contribution in [0.15, 0.2) is 48.5 Å². The van der Waals surface area contributed by atoms with E-state index in [1.165, 1.54) is 0 Å². The van der Waals surface area contributed by atoms with Crippen molar-refractivity contribution in [1.82, 2.24) is 4.90 Å². The highest BCUT2D eigenvalue weighted by molar-refractivity contribution is 7.16. The third-order valence-electron chi connectivity index (χ3n) is 5.29. The van der Waals surface area contributed by atoms with Crippen molar-refractivity contribution >= 4 is 22.2 Å². The fraction of sp³-hybridized carbons (Fsp3) is 0.208. The Morgan fingerprint density at radius 3 is 2.50 bits per heavy atom. The van der Waals surface area contributed by atoms with Gasteiger partial charge < -0.3 is 10.2 Å². The van der Waals surface area contributed by atoms with Crippen LogP contribution in [0.25, 0.3) is 0 Å². The lowest BCUT2D eigenvalue weighted by molar-refractivity contribution is 0.0737. The fourth-order valence-corrected chi connectivity index (χ4v) is 4.79. The Morgan fingerprint density at radius 2 is 1.83 bits per heavy atom. The molecule has 1 aliphatic heterocycles. The molecular weight excluding hydrogens is 392 g/mol. The summed E-state index contributed by atoms with van der Waals surface area (Å²) in [4.78, 5) is 15.8. The van der Waals surface area contributed by atoms with E-state index in [1.807, 2.05) is 48.2 Å². The molecule has 0 unspecified atom stereocenters. The van der Waals surface area contributed by atoms with E-state index in [0.717, 1.165) is 26.6 Å². The summed E-state index contributed by atoms with van der Waals surface area (Å²) in [6.45, 7) is 3.72. The molecule has 148 valence electrons. The van der Waals surface area contributed by atoms with Crippen LogP contribution in [0.3, 0.4) is 0 Å². The molecule has 3 aromatic rings. The normalized spacial score (nSPS) is 12.6. The molecule has 0 saturated heterocycles. The number of hydrogen-bond donors (Lipinski definition) is 1. The van der Waals surface area contributed by atoms with Crippen molar-refractivity contribution < 1.29 is 4.79 Å². The molecule has 0 radical (unpaired) electrons. The lowest BCUT2D eigenvalue weighted by atomic mass is 10.0. The lowest BCUT2D eigenvalue weighted by Gasteiger charge is -2.27. The molecule has 0 atom stereocenters. The van der Waals surface area contributed by atoms with Crippen LogP contribution in [0.2, 0.25) is 0 Å². The number of carbonyl (C=O) groups excluding carboxylic acids is 1. The van der Waals surface area contributed by atoms with Gasteiger partial charge in [-0.05, 0) is 48.7 Å². The van der Waals surface area contributed by atoms with Crippen molar-refractivity contribution in [2.75, 3.05) is 11.9 Å². The maximum absolute atomic E-state index is 12.9. The van der Waals surface area contributed by atoms with Crippen molar-refractivity contribution in [1.29, 1.82) is 10.5 Å². The highest BCUT2D eigenvalue weighted by Crippen LogP contribution is 2.37. The predicted molar refractivity (Wildman–Crippen MR) is 117 cm³/mol. The molecule has 0 fully saturated rings. The van der Waals surface area contributed by atoms with Crippen LogP contribution in [0.1, 0.15) is 43.1 Å². The molecule has 4 rings (SSSR count). The number of aryl methyl sites for hydroxylation is 1. The summed E-state index contributed by atoms with van der Waals surface area (Å²) < 4.78 is 0. The van der Waals surface area contributed by atoms with Gasteiger partial charge in [0.1, 0.15) is 11.1 Å². The molecule has 1 N–H and O–H groups in total. The summed E-state index contributed by atoms with van der Waals surface area (Å²) in [5.74, 6) is 0.0275. The highest BCUT2D eigenvalue weighted by Gasteiger charge is 2.27. The number of benzene rings is 2. The SMILES string of the molecule is Cc1ccc(C(=O)N2CCc3c(sc(NCc4ccc(C#N)cc4)c3C#N)C2)cc1. The van der Waals surface area contributed by atoms with Crippen molar-refractivity contribution in [3.8, 4) is 12.1 Å². The zero-order valence-electron chi connectivity index (χ0n) is 16.6. The monoisotopic (exact) mass is 412 g/mol. The lowest BCUT2D eigenvalue weighted by Crippen LogP contribution is -2.35. The van der Waals surface area contributed by atoms with E-state index in [0.29, 0.717) is 42.7 Å². The van der Waals surface area contributed by atoms with E-state index in [1.54, 1.807) is 23.5 Å². The molecule has 0 aliphatic carbocycles. The Balaban J connectivity index is 1.50. The summed E-state index contributed by atoms with van der Waals surface area (Å²) >= 11 is 1.55. The first-order valence-electron chi connectivity index (χ1n) is 9.72. The molecule has 0 bridgehead atoms. The Labute approximate surface area is 179 Å². The summed E-state index contributed by atoms with van der Waals surface area (Å²) in [7, 11) is 0. The molecule has 1 aliphatic rings. The standard InChI is InChI=1S/C24H20N4OS/c1-16-2-8-19(9-3-16)24(29)28-11-10-20-21(13-26)23(30-22(20)15-28)27-14-18-6-4-17(12-25)5-7-18/h2-9,27H,10-11,14-15H2,1H3. The van der Waals surface area contributed by atoms with Crippen LogP contribution in [-0.4, -0.2) is 17.4 Å². The Morgan fingerprint density at radius 1 is 1.10 bits per heavy atom. The number of nitrogens with zero attached hydrogens (tertiary/aromatic N) is 3. The maximum atomic E-state index is 12.9. The minimum Gasteiger partial charge on any atom is -0.372 e. The molecule has 1 aromatic heterocycles. The Kier molecular flexibility index (Phi) is 5.52. The van der Waals surface area contributed by atoms with Crippen molar-refractivity contribution in [2.45, 2.75) is 26.4 Å². The van der Waals surface area contributed by atoms with Crippen LogP contribution >= 0.6 is 11.3 Å². The number of hydrogen-bond acceptors (Lipinski definition) is 5. The number of amides is 1.